The second kappa shape index (κ2) is 12.5. The van der Waals surface area contributed by atoms with Crippen molar-refractivity contribution >= 4 is 29.9 Å². The zero-order valence-corrected chi connectivity index (χ0v) is 23.4. The van der Waals surface area contributed by atoms with E-state index in [1.165, 1.54) is 0 Å². The summed E-state index contributed by atoms with van der Waals surface area (Å²) in [6.07, 6.45) is 11.9. The lowest BCUT2D eigenvalue weighted by Gasteiger charge is -2.29. The summed E-state index contributed by atoms with van der Waals surface area (Å²) in [6.45, 7) is 7.04. The van der Waals surface area contributed by atoms with Crippen molar-refractivity contribution in [3.8, 4) is 11.1 Å². The van der Waals surface area contributed by atoms with Crippen LogP contribution >= 0.6 is 0 Å². The number of carbonyl (C=O) groups excluding carboxylic acids is 1. The number of amides is 1. The molecule has 2 fully saturated rings. The fraction of sp³-hybridized carbons (Fsp3) is 0.467. The minimum atomic E-state index is -0.391. The second-order valence-electron chi connectivity index (χ2n) is 10.9. The van der Waals surface area contributed by atoms with Gasteiger partial charge in [0, 0.05) is 55.8 Å². The van der Waals surface area contributed by atoms with E-state index in [9.17, 15) is 9.90 Å². The first-order valence-corrected chi connectivity index (χ1v) is 14.2. The van der Waals surface area contributed by atoms with Gasteiger partial charge in [0.05, 0.1) is 18.3 Å². The van der Waals surface area contributed by atoms with Gasteiger partial charge in [-0.3, -0.25) is 9.79 Å². The Kier molecular flexibility index (Phi) is 8.64. The minimum absolute atomic E-state index is 0.0181. The van der Waals surface area contributed by atoms with E-state index in [2.05, 4.69) is 37.7 Å². The summed E-state index contributed by atoms with van der Waals surface area (Å²) in [5, 5.41) is 25.4. The molecule has 10 heteroatoms. The van der Waals surface area contributed by atoms with Gasteiger partial charge in [-0.15, -0.1) is 0 Å². The van der Waals surface area contributed by atoms with E-state index >= 15 is 0 Å². The van der Waals surface area contributed by atoms with Crippen LogP contribution in [0.5, 0.6) is 0 Å². The predicted molar refractivity (Wildman–Crippen MR) is 160 cm³/mol. The molecule has 2 saturated carbocycles. The number of nitrogens with zero attached hydrogens (tertiary/aromatic N) is 5. The molecule has 2 aromatic heterocycles. The maximum absolute atomic E-state index is 12.7. The average molecular weight is 545 g/mol. The van der Waals surface area contributed by atoms with Crippen molar-refractivity contribution in [2.24, 2.45) is 4.99 Å². The van der Waals surface area contributed by atoms with Crippen LogP contribution in [0.1, 0.15) is 60.9 Å². The molecule has 0 aliphatic heterocycles. The molecule has 0 bridgehead atoms. The third-order valence-electron chi connectivity index (χ3n) is 7.65. The number of fused-ring (bicyclic) bond motifs is 1. The SMILES string of the molecule is C=N/C=C\N(C)CCCNc1cc(N[C@H]2CCCC[C@@H]2O)nc2c(-c3ccc(C(=O)NC4CC4)c(C)c3)cnn12. The van der Waals surface area contributed by atoms with E-state index in [4.69, 9.17) is 4.98 Å². The smallest absolute Gasteiger partial charge is 0.251 e. The molecule has 2 aliphatic rings. The zero-order valence-electron chi connectivity index (χ0n) is 23.4. The zero-order chi connectivity index (χ0) is 28.1. The summed E-state index contributed by atoms with van der Waals surface area (Å²) < 4.78 is 1.83. The van der Waals surface area contributed by atoms with Crippen molar-refractivity contribution < 1.29 is 9.90 Å². The second-order valence-corrected chi connectivity index (χ2v) is 10.9. The fourth-order valence-electron chi connectivity index (χ4n) is 5.19. The van der Waals surface area contributed by atoms with E-state index in [0.717, 1.165) is 80.5 Å². The Morgan fingerprint density at radius 3 is 2.83 bits per heavy atom. The summed E-state index contributed by atoms with van der Waals surface area (Å²) in [6, 6.07) is 8.13. The van der Waals surface area contributed by atoms with Crippen LogP contribution in [0.3, 0.4) is 0 Å². The number of carbonyl (C=O) groups is 1. The van der Waals surface area contributed by atoms with Crippen LogP contribution in [0.2, 0.25) is 0 Å². The van der Waals surface area contributed by atoms with Crippen molar-refractivity contribution in [3.05, 3.63) is 54.0 Å². The van der Waals surface area contributed by atoms with Crippen LogP contribution in [0.25, 0.3) is 16.8 Å². The maximum atomic E-state index is 12.7. The van der Waals surface area contributed by atoms with E-state index < -0.39 is 6.10 Å². The van der Waals surface area contributed by atoms with Crippen molar-refractivity contribution in [1.82, 2.24) is 24.8 Å². The normalized spacial score (nSPS) is 19.1. The summed E-state index contributed by atoms with van der Waals surface area (Å²) in [7, 11) is 2.01. The molecule has 0 spiro atoms. The molecule has 2 heterocycles. The first kappa shape index (κ1) is 27.6. The highest BCUT2D eigenvalue weighted by Gasteiger charge is 2.26. The molecule has 10 nitrogen and oxygen atoms in total. The third-order valence-corrected chi connectivity index (χ3v) is 7.65. The molecule has 5 rings (SSSR count). The molecule has 0 radical (unpaired) electrons. The number of hydrogen-bond acceptors (Lipinski definition) is 8. The third kappa shape index (κ3) is 6.62. The molecule has 0 unspecified atom stereocenters. The number of rotatable bonds is 12. The molecule has 0 saturated heterocycles. The number of aryl methyl sites for hydroxylation is 1. The molecular weight excluding hydrogens is 504 g/mol. The summed E-state index contributed by atoms with van der Waals surface area (Å²) in [4.78, 5) is 23.4. The van der Waals surface area contributed by atoms with Gasteiger partial charge in [0.1, 0.15) is 11.6 Å². The van der Waals surface area contributed by atoms with Crippen molar-refractivity contribution in [1.29, 1.82) is 0 Å². The number of benzene rings is 1. The largest absolute Gasteiger partial charge is 0.391 e. The lowest BCUT2D eigenvalue weighted by Crippen LogP contribution is -2.36. The molecule has 1 amide bonds. The number of nitrogens with one attached hydrogen (secondary N) is 3. The van der Waals surface area contributed by atoms with Crippen LogP contribution in [0.15, 0.2) is 47.9 Å². The van der Waals surface area contributed by atoms with E-state index in [1.807, 2.05) is 55.1 Å². The number of aliphatic hydroxyl groups is 1. The number of anilines is 2. The molecule has 3 aromatic rings. The van der Waals surface area contributed by atoms with Crippen molar-refractivity contribution in [2.45, 2.75) is 70.1 Å². The molecule has 212 valence electrons. The lowest BCUT2D eigenvalue weighted by molar-refractivity contribution is 0.0950. The fourth-order valence-corrected chi connectivity index (χ4v) is 5.19. The van der Waals surface area contributed by atoms with Gasteiger partial charge < -0.3 is 26.0 Å². The Hall–Kier alpha value is -3.92. The van der Waals surface area contributed by atoms with Gasteiger partial charge in [0.25, 0.3) is 5.91 Å². The van der Waals surface area contributed by atoms with Crippen LogP contribution in [-0.2, 0) is 0 Å². The van der Waals surface area contributed by atoms with Crippen LogP contribution < -0.4 is 16.0 Å². The number of aliphatic hydroxyl groups excluding tert-OH is 1. The lowest BCUT2D eigenvalue weighted by atomic mass is 9.92. The Morgan fingerprint density at radius 2 is 2.08 bits per heavy atom. The number of aromatic nitrogens is 3. The van der Waals surface area contributed by atoms with Gasteiger partial charge in [-0.1, -0.05) is 25.0 Å². The summed E-state index contributed by atoms with van der Waals surface area (Å²) in [5.41, 5.74) is 4.16. The van der Waals surface area contributed by atoms with E-state index in [1.54, 1.807) is 6.20 Å². The maximum Gasteiger partial charge on any atom is 0.251 e. The molecule has 2 atom stereocenters. The van der Waals surface area contributed by atoms with Gasteiger partial charge in [0.15, 0.2) is 5.65 Å². The molecule has 2 aliphatic carbocycles. The van der Waals surface area contributed by atoms with Crippen LogP contribution in [0, 0.1) is 6.92 Å². The molecule has 4 N–H and O–H groups in total. The van der Waals surface area contributed by atoms with Crippen molar-refractivity contribution in [3.63, 3.8) is 0 Å². The Morgan fingerprint density at radius 1 is 1.25 bits per heavy atom. The average Bonchev–Trinajstić information content (AvgIpc) is 3.65. The summed E-state index contributed by atoms with van der Waals surface area (Å²) >= 11 is 0. The Balaban J connectivity index is 1.41. The van der Waals surface area contributed by atoms with Gasteiger partial charge >= 0.3 is 0 Å². The van der Waals surface area contributed by atoms with Crippen LogP contribution in [0.4, 0.5) is 11.6 Å². The highest BCUT2D eigenvalue weighted by molar-refractivity contribution is 5.97. The quantitative estimate of drug-likeness (QED) is 0.199. The number of hydrogen-bond donors (Lipinski definition) is 4. The molecular formula is C30H40N8O2. The van der Waals surface area contributed by atoms with E-state index in [0.29, 0.717) is 23.1 Å². The standard InChI is InChI=1S/C30H40N8O2/c1-20-17-21(9-12-23(20)30(40)34-22-10-11-22)24-19-33-38-28(32-13-6-15-37(3)16-14-31-2)18-27(36-29(24)38)35-25-7-4-5-8-26(25)39/h9,12,14,16-19,22,25-26,32,39H,2,4-8,10-11,13,15H2,1,3H3,(H,34,40)(H,35,36)/b16-14-/t25-,26-/m0/s1. The van der Waals surface area contributed by atoms with E-state index in [-0.39, 0.29) is 11.9 Å². The van der Waals surface area contributed by atoms with Gasteiger partial charge in [0.2, 0.25) is 0 Å². The highest BCUT2D eigenvalue weighted by atomic mass is 16.3. The highest BCUT2D eigenvalue weighted by Crippen LogP contribution is 2.30. The van der Waals surface area contributed by atoms with Gasteiger partial charge in [-0.2, -0.15) is 9.61 Å². The van der Waals surface area contributed by atoms with Crippen LogP contribution in [-0.4, -0.2) is 75.6 Å². The first-order valence-electron chi connectivity index (χ1n) is 14.2. The predicted octanol–water partition coefficient (Wildman–Crippen LogP) is 4.22. The van der Waals surface area contributed by atoms with Gasteiger partial charge in [-0.05, 0) is 62.9 Å². The minimum Gasteiger partial charge on any atom is -0.391 e. The van der Waals surface area contributed by atoms with Gasteiger partial charge in [-0.25, -0.2) is 4.98 Å². The topological polar surface area (TPSA) is 119 Å². The van der Waals surface area contributed by atoms with Crippen molar-refractivity contribution in [2.75, 3.05) is 30.8 Å². The Bertz CT molecular complexity index is 1380. The summed E-state index contributed by atoms with van der Waals surface area (Å²) in [5.74, 6) is 1.51. The monoisotopic (exact) mass is 544 g/mol. The Labute approximate surface area is 235 Å². The molecule has 1 aromatic carbocycles. The number of aliphatic imine (C=N–C) groups is 1. The molecule has 40 heavy (non-hydrogen) atoms. The first-order chi connectivity index (χ1) is 19.4.